The molecular formula is C20H20F2N2O2S. The number of benzene rings is 2. The number of hydrogen-bond acceptors (Lipinski definition) is 2. The van der Waals surface area contributed by atoms with Crippen molar-refractivity contribution in [2.45, 2.75) is 31.6 Å². The van der Waals surface area contributed by atoms with E-state index in [9.17, 15) is 17.2 Å². The van der Waals surface area contributed by atoms with Crippen LogP contribution in [0.3, 0.4) is 0 Å². The van der Waals surface area contributed by atoms with Crippen molar-refractivity contribution in [3.8, 4) is 0 Å². The molecule has 4 nitrogen and oxygen atoms in total. The minimum Gasteiger partial charge on any atom is -0.359 e. The Kier molecular flexibility index (Phi) is 4.03. The first-order valence-corrected chi connectivity index (χ1v) is 10.6. The minimum absolute atomic E-state index is 0.445. The van der Waals surface area contributed by atoms with Gasteiger partial charge < -0.3 is 4.98 Å². The highest BCUT2D eigenvalue weighted by Crippen LogP contribution is 2.46. The Hall–Kier alpha value is -2.41. The molecule has 0 saturated heterocycles. The molecule has 1 aromatic heterocycles. The number of hydrogen-bond donors (Lipinski definition) is 2. The second kappa shape index (κ2) is 6.05. The smallest absolute Gasteiger partial charge is 0.229 e. The van der Waals surface area contributed by atoms with Crippen LogP contribution in [0.4, 0.5) is 14.5 Å². The van der Waals surface area contributed by atoms with Crippen LogP contribution < -0.4 is 4.72 Å². The molecule has 3 aromatic rings. The lowest BCUT2D eigenvalue weighted by molar-refractivity contribution is 0.433. The standard InChI is InChI=1S/C20H20F2N2O2S/c1-20(8-4-5-12-9-13(21)10-16(22)18(12)20)15-11-23-19-14(15)6-3-7-17(19)24-27(2,25)26/h3,6-7,9-11,23-24H,4-5,8H2,1-2H3. The van der Waals surface area contributed by atoms with Crippen molar-refractivity contribution in [3.05, 3.63) is 64.9 Å². The van der Waals surface area contributed by atoms with Crippen LogP contribution in [0.25, 0.3) is 10.9 Å². The van der Waals surface area contributed by atoms with Gasteiger partial charge in [-0.05, 0) is 42.5 Å². The molecule has 4 rings (SSSR count). The van der Waals surface area contributed by atoms with Gasteiger partial charge >= 0.3 is 0 Å². The summed E-state index contributed by atoms with van der Waals surface area (Å²) in [5, 5.41) is 0.822. The average molecular weight is 390 g/mol. The molecule has 1 unspecified atom stereocenters. The van der Waals surface area contributed by atoms with Gasteiger partial charge in [-0.15, -0.1) is 0 Å². The molecule has 0 aliphatic heterocycles. The molecule has 0 saturated carbocycles. The maximum Gasteiger partial charge on any atom is 0.229 e. The summed E-state index contributed by atoms with van der Waals surface area (Å²) in [6.07, 6.45) is 5.08. The Morgan fingerprint density at radius 1 is 1.22 bits per heavy atom. The van der Waals surface area contributed by atoms with Gasteiger partial charge in [0.25, 0.3) is 0 Å². The van der Waals surface area contributed by atoms with E-state index in [-0.39, 0.29) is 0 Å². The van der Waals surface area contributed by atoms with E-state index in [1.165, 1.54) is 6.07 Å². The van der Waals surface area contributed by atoms with E-state index in [0.29, 0.717) is 28.8 Å². The predicted molar refractivity (Wildman–Crippen MR) is 103 cm³/mol. The molecule has 0 amide bonds. The van der Waals surface area contributed by atoms with Crippen LogP contribution >= 0.6 is 0 Å². The number of rotatable bonds is 3. The summed E-state index contributed by atoms with van der Waals surface area (Å²) in [5.41, 5.74) is 2.56. The SMILES string of the molecule is CC1(c2c[nH]c3c(NS(C)(=O)=O)cccc23)CCCc2cc(F)cc(F)c21. The second-order valence-corrected chi connectivity index (χ2v) is 9.16. The van der Waals surface area contributed by atoms with Crippen LogP contribution in [0.1, 0.15) is 36.5 Å². The number of anilines is 1. The molecule has 0 bridgehead atoms. The Bertz CT molecular complexity index is 1150. The molecule has 27 heavy (non-hydrogen) atoms. The van der Waals surface area contributed by atoms with E-state index in [1.54, 1.807) is 18.3 Å². The fraction of sp³-hybridized carbons (Fsp3) is 0.300. The molecule has 1 heterocycles. The van der Waals surface area contributed by atoms with Crippen LogP contribution in [0.5, 0.6) is 0 Å². The minimum atomic E-state index is -3.43. The van der Waals surface area contributed by atoms with Crippen molar-refractivity contribution in [2.75, 3.05) is 11.0 Å². The third-order valence-corrected chi connectivity index (χ3v) is 6.01. The van der Waals surface area contributed by atoms with E-state index in [0.717, 1.165) is 36.1 Å². The summed E-state index contributed by atoms with van der Waals surface area (Å²) in [7, 11) is -3.43. The van der Waals surface area contributed by atoms with Crippen LogP contribution in [0, 0.1) is 11.6 Å². The molecule has 1 aliphatic carbocycles. The molecule has 142 valence electrons. The van der Waals surface area contributed by atoms with Crippen molar-refractivity contribution in [2.24, 2.45) is 0 Å². The van der Waals surface area contributed by atoms with E-state index in [2.05, 4.69) is 9.71 Å². The van der Waals surface area contributed by atoms with Gasteiger partial charge in [0.15, 0.2) is 0 Å². The van der Waals surface area contributed by atoms with Gasteiger partial charge in [0, 0.05) is 28.6 Å². The van der Waals surface area contributed by atoms with Crippen LogP contribution in [0.2, 0.25) is 0 Å². The first-order chi connectivity index (χ1) is 12.7. The lowest BCUT2D eigenvalue weighted by Gasteiger charge is -2.36. The summed E-state index contributed by atoms with van der Waals surface area (Å²) >= 11 is 0. The average Bonchev–Trinajstić information content (AvgIpc) is 2.98. The monoisotopic (exact) mass is 390 g/mol. The van der Waals surface area contributed by atoms with Gasteiger partial charge in [-0.25, -0.2) is 17.2 Å². The van der Waals surface area contributed by atoms with E-state index in [1.807, 2.05) is 13.0 Å². The summed E-state index contributed by atoms with van der Waals surface area (Å²) in [6.45, 7) is 1.96. The lowest BCUT2D eigenvalue weighted by atomic mass is 9.67. The molecule has 7 heteroatoms. The third kappa shape index (κ3) is 3.00. The van der Waals surface area contributed by atoms with Crippen LogP contribution in [0.15, 0.2) is 36.5 Å². The highest BCUT2D eigenvalue weighted by molar-refractivity contribution is 7.92. The fourth-order valence-electron chi connectivity index (χ4n) is 4.36. The topological polar surface area (TPSA) is 62.0 Å². The first kappa shape index (κ1) is 18.0. The molecule has 0 fully saturated rings. The Morgan fingerprint density at radius 3 is 2.74 bits per heavy atom. The van der Waals surface area contributed by atoms with E-state index < -0.39 is 27.1 Å². The van der Waals surface area contributed by atoms with Gasteiger partial charge in [-0.2, -0.15) is 0 Å². The zero-order valence-electron chi connectivity index (χ0n) is 15.1. The molecule has 1 atom stereocenters. The number of H-pyrrole nitrogens is 1. The van der Waals surface area contributed by atoms with Gasteiger partial charge in [-0.3, -0.25) is 4.72 Å². The van der Waals surface area contributed by atoms with Crippen LogP contribution in [-0.2, 0) is 21.9 Å². The fourth-order valence-corrected chi connectivity index (χ4v) is 4.93. The first-order valence-electron chi connectivity index (χ1n) is 8.76. The number of para-hydroxylation sites is 1. The third-order valence-electron chi connectivity index (χ3n) is 5.42. The molecular weight excluding hydrogens is 370 g/mol. The van der Waals surface area contributed by atoms with Crippen molar-refractivity contribution in [1.82, 2.24) is 4.98 Å². The highest BCUT2D eigenvalue weighted by atomic mass is 32.2. The number of fused-ring (bicyclic) bond motifs is 2. The predicted octanol–water partition coefficient (Wildman–Crippen LogP) is 4.46. The number of aromatic nitrogens is 1. The lowest BCUT2D eigenvalue weighted by Crippen LogP contribution is -2.30. The van der Waals surface area contributed by atoms with Crippen molar-refractivity contribution in [1.29, 1.82) is 0 Å². The largest absolute Gasteiger partial charge is 0.359 e. The summed E-state index contributed by atoms with van der Waals surface area (Å²) in [4.78, 5) is 3.14. The van der Waals surface area contributed by atoms with Crippen molar-refractivity contribution >= 4 is 26.6 Å². The van der Waals surface area contributed by atoms with Gasteiger partial charge in [0.05, 0.1) is 17.5 Å². The summed E-state index contributed by atoms with van der Waals surface area (Å²) in [5.74, 6) is -1.10. The Labute approximate surface area is 156 Å². The Balaban J connectivity index is 1.93. The zero-order valence-corrected chi connectivity index (χ0v) is 15.9. The van der Waals surface area contributed by atoms with Crippen molar-refractivity contribution < 1.29 is 17.2 Å². The number of aromatic amines is 1. The number of nitrogens with one attached hydrogen (secondary N) is 2. The molecule has 2 N–H and O–H groups in total. The van der Waals surface area contributed by atoms with E-state index in [4.69, 9.17) is 0 Å². The second-order valence-electron chi connectivity index (χ2n) is 7.41. The summed E-state index contributed by atoms with van der Waals surface area (Å²) in [6, 6.07) is 7.68. The van der Waals surface area contributed by atoms with Crippen molar-refractivity contribution in [3.63, 3.8) is 0 Å². The maximum atomic E-state index is 14.8. The summed E-state index contributed by atoms with van der Waals surface area (Å²) < 4.78 is 54.3. The molecule has 1 aliphatic rings. The Morgan fingerprint density at radius 2 is 2.00 bits per heavy atom. The quantitative estimate of drug-likeness (QED) is 0.694. The highest BCUT2D eigenvalue weighted by Gasteiger charge is 2.38. The van der Waals surface area contributed by atoms with Gasteiger partial charge in [0.2, 0.25) is 10.0 Å². The zero-order chi connectivity index (χ0) is 19.4. The molecule has 2 aromatic carbocycles. The normalized spacial score (nSPS) is 19.9. The van der Waals surface area contributed by atoms with Gasteiger partial charge in [0.1, 0.15) is 11.6 Å². The number of halogens is 2. The number of sulfonamides is 1. The molecule has 0 spiro atoms. The van der Waals surface area contributed by atoms with Gasteiger partial charge in [-0.1, -0.05) is 19.1 Å². The molecule has 0 radical (unpaired) electrons. The maximum absolute atomic E-state index is 14.8. The van der Waals surface area contributed by atoms with Crippen LogP contribution in [-0.4, -0.2) is 19.7 Å². The number of aryl methyl sites for hydroxylation is 1. The van der Waals surface area contributed by atoms with E-state index >= 15 is 0 Å².